The number of benzene rings is 1. The van der Waals surface area contributed by atoms with Gasteiger partial charge in [0.1, 0.15) is 5.82 Å². The number of carbonyl (C=O) groups excluding carboxylic acids is 1. The summed E-state index contributed by atoms with van der Waals surface area (Å²) < 4.78 is 71.4. The van der Waals surface area contributed by atoms with Crippen molar-refractivity contribution in [3.8, 4) is 11.1 Å². The van der Waals surface area contributed by atoms with E-state index in [2.05, 4.69) is 9.72 Å². The molecule has 0 amide bonds. The summed E-state index contributed by atoms with van der Waals surface area (Å²) in [6, 6.07) is 0.826. The van der Waals surface area contributed by atoms with E-state index in [0.29, 0.717) is 0 Å². The first-order valence-electron chi connectivity index (χ1n) is 5.65. The molecule has 1 aromatic heterocycles. The highest BCUT2D eigenvalue weighted by molar-refractivity contribution is 5.92. The minimum absolute atomic E-state index is 0.268. The number of hydrogen-bond donors (Lipinski definition) is 1. The molecular weight excluding hydrogens is 311 g/mol. The molecule has 0 aliphatic heterocycles. The van der Waals surface area contributed by atoms with Crippen LogP contribution in [-0.2, 0) is 4.74 Å². The zero-order chi connectivity index (χ0) is 16.6. The molecule has 4 nitrogen and oxygen atoms in total. The normalized spacial score (nSPS) is 10.6. The molecule has 0 aliphatic rings. The van der Waals surface area contributed by atoms with Crippen molar-refractivity contribution in [2.24, 2.45) is 0 Å². The minimum atomic E-state index is -2.30. The summed E-state index contributed by atoms with van der Waals surface area (Å²) in [4.78, 5) is 14.9. The van der Waals surface area contributed by atoms with E-state index in [1.807, 2.05) is 0 Å². The van der Waals surface area contributed by atoms with Crippen LogP contribution in [0.3, 0.4) is 0 Å². The van der Waals surface area contributed by atoms with E-state index < -0.39 is 52.0 Å². The lowest BCUT2D eigenvalue weighted by molar-refractivity contribution is 0.0600. The largest absolute Gasteiger partial charge is 0.465 e. The van der Waals surface area contributed by atoms with E-state index in [9.17, 15) is 26.7 Å². The van der Waals surface area contributed by atoms with Crippen LogP contribution in [0.2, 0.25) is 0 Å². The van der Waals surface area contributed by atoms with Crippen LogP contribution in [0.4, 0.5) is 27.8 Å². The molecule has 0 saturated carbocycles. The molecule has 9 heteroatoms. The number of anilines is 1. The van der Waals surface area contributed by atoms with Gasteiger partial charge in [0, 0.05) is 11.8 Å². The number of pyridine rings is 1. The fourth-order valence-electron chi connectivity index (χ4n) is 1.75. The predicted molar refractivity (Wildman–Crippen MR) is 65.2 cm³/mol. The number of rotatable bonds is 2. The molecule has 1 heterocycles. The average Bonchev–Trinajstić information content (AvgIpc) is 2.52. The van der Waals surface area contributed by atoms with Crippen molar-refractivity contribution in [2.45, 2.75) is 0 Å². The highest BCUT2D eigenvalue weighted by Gasteiger charge is 2.28. The van der Waals surface area contributed by atoms with Crippen molar-refractivity contribution >= 4 is 11.8 Å². The highest BCUT2D eigenvalue weighted by Crippen LogP contribution is 2.34. The summed E-state index contributed by atoms with van der Waals surface area (Å²) in [7, 11) is 1.04. The van der Waals surface area contributed by atoms with Gasteiger partial charge in [0.2, 0.25) is 5.82 Å². The lowest BCUT2D eigenvalue weighted by Gasteiger charge is -2.11. The number of hydrogen-bond acceptors (Lipinski definition) is 4. The molecule has 2 rings (SSSR count). The second-order valence-corrected chi connectivity index (χ2v) is 4.09. The van der Waals surface area contributed by atoms with Crippen LogP contribution in [-0.4, -0.2) is 18.1 Å². The van der Waals surface area contributed by atoms with Gasteiger partial charge in [-0.2, -0.15) is 0 Å². The number of nitrogen functional groups attached to an aromatic ring is 1. The Bertz CT molecular complexity index is 751. The Hall–Kier alpha value is -2.71. The second kappa shape index (κ2) is 5.58. The first-order chi connectivity index (χ1) is 10.3. The van der Waals surface area contributed by atoms with E-state index in [0.717, 1.165) is 19.4 Å². The third-order valence-electron chi connectivity index (χ3n) is 2.82. The molecule has 22 heavy (non-hydrogen) atoms. The Morgan fingerprint density at radius 1 is 1.05 bits per heavy atom. The molecule has 116 valence electrons. The van der Waals surface area contributed by atoms with E-state index in [-0.39, 0.29) is 5.56 Å². The summed E-state index contributed by atoms with van der Waals surface area (Å²) in [6.45, 7) is 0. The number of nitrogens with two attached hydrogens (primary N) is 1. The molecule has 0 spiro atoms. The number of halogens is 5. The number of aromatic nitrogens is 1. The van der Waals surface area contributed by atoms with Crippen LogP contribution in [0.25, 0.3) is 11.1 Å². The number of ether oxygens (including phenoxy) is 1. The van der Waals surface area contributed by atoms with Crippen LogP contribution in [0.15, 0.2) is 12.3 Å². The van der Waals surface area contributed by atoms with Gasteiger partial charge in [0.05, 0.1) is 18.2 Å². The van der Waals surface area contributed by atoms with Crippen molar-refractivity contribution in [2.75, 3.05) is 12.8 Å². The first kappa shape index (κ1) is 15.7. The summed E-state index contributed by atoms with van der Waals surface area (Å²) in [5.74, 6) is -12.1. The molecule has 0 aliphatic carbocycles. The fraction of sp³-hybridized carbons (Fsp3) is 0.0769. The van der Waals surface area contributed by atoms with Gasteiger partial charge in [-0.05, 0) is 6.07 Å². The number of carbonyl (C=O) groups is 1. The van der Waals surface area contributed by atoms with Crippen LogP contribution in [0.1, 0.15) is 10.4 Å². The summed E-state index contributed by atoms with van der Waals surface area (Å²) in [5.41, 5.74) is 3.25. The standard InChI is InChI=1S/C13H7F5N2O2/c1-22-13(21)4-2-5(12(19)20-3-4)6-7(14)9(16)11(18)10(17)8(6)15/h2-3H,1H3,(H2,19,20). The molecule has 0 saturated heterocycles. The highest BCUT2D eigenvalue weighted by atomic mass is 19.2. The third kappa shape index (κ3) is 2.34. The Morgan fingerprint density at radius 2 is 1.55 bits per heavy atom. The summed E-state index contributed by atoms with van der Waals surface area (Å²) >= 11 is 0. The smallest absolute Gasteiger partial charge is 0.339 e. The molecule has 1 aromatic carbocycles. The van der Waals surface area contributed by atoms with Crippen molar-refractivity contribution in [3.63, 3.8) is 0 Å². The van der Waals surface area contributed by atoms with Gasteiger partial charge in [-0.25, -0.2) is 31.7 Å². The Balaban J connectivity index is 2.80. The maximum atomic E-state index is 13.8. The number of nitrogens with zero attached hydrogens (tertiary/aromatic N) is 1. The molecule has 0 atom stereocenters. The molecule has 2 N–H and O–H groups in total. The zero-order valence-electron chi connectivity index (χ0n) is 10.9. The van der Waals surface area contributed by atoms with Crippen molar-refractivity contribution in [3.05, 3.63) is 46.9 Å². The Morgan fingerprint density at radius 3 is 2.05 bits per heavy atom. The van der Waals surface area contributed by atoms with Crippen molar-refractivity contribution < 1.29 is 31.5 Å². The first-order valence-corrected chi connectivity index (χ1v) is 5.65. The molecule has 2 aromatic rings. The number of esters is 1. The zero-order valence-corrected chi connectivity index (χ0v) is 10.9. The predicted octanol–water partition coefficient (Wildman–Crippen LogP) is 2.81. The van der Waals surface area contributed by atoms with Crippen LogP contribution in [0, 0.1) is 29.1 Å². The van der Waals surface area contributed by atoms with Gasteiger partial charge in [-0.3, -0.25) is 0 Å². The van der Waals surface area contributed by atoms with Crippen molar-refractivity contribution in [1.29, 1.82) is 0 Å². The quantitative estimate of drug-likeness (QED) is 0.400. The number of methoxy groups -OCH3 is 1. The lowest BCUT2D eigenvalue weighted by Crippen LogP contribution is -2.08. The summed E-state index contributed by atoms with van der Waals surface area (Å²) in [6.07, 6.45) is 0.941. The van der Waals surface area contributed by atoms with Gasteiger partial charge in [0.15, 0.2) is 23.3 Å². The minimum Gasteiger partial charge on any atom is -0.465 e. The Labute approximate surface area is 120 Å². The van der Waals surface area contributed by atoms with Crippen molar-refractivity contribution in [1.82, 2.24) is 4.98 Å². The SMILES string of the molecule is COC(=O)c1cnc(N)c(-c2c(F)c(F)c(F)c(F)c2F)c1. The maximum absolute atomic E-state index is 13.8. The van der Waals surface area contributed by atoms with Gasteiger partial charge >= 0.3 is 5.97 Å². The average molecular weight is 318 g/mol. The van der Waals surface area contributed by atoms with E-state index in [1.54, 1.807) is 0 Å². The van der Waals surface area contributed by atoms with Crippen LogP contribution >= 0.6 is 0 Å². The van der Waals surface area contributed by atoms with Gasteiger partial charge in [0.25, 0.3) is 0 Å². The fourth-order valence-corrected chi connectivity index (χ4v) is 1.75. The van der Waals surface area contributed by atoms with Crippen LogP contribution in [0.5, 0.6) is 0 Å². The topological polar surface area (TPSA) is 65.2 Å². The van der Waals surface area contributed by atoms with E-state index in [1.165, 1.54) is 0 Å². The second-order valence-electron chi connectivity index (χ2n) is 4.09. The lowest BCUT2D eigenvalue weighted by atomic mass is 10.0. The molecule has 0 radical (unpaired) electrons. The monoisotopic (exact) mass is 318 g/mol. The van der Waals surface area contributed by atoms with Gasteiger partial charge < -0.3 is 10.5 Å². The third-order valence-corrected chi connectivity index (χ3v) is 2.82. The van der Waals surface area contributed by atoms with Crippen LogP contribution < -0.4 is 5.73 Å². The van der Waals surface area contributed by atoms with E-state index in [4.69, 9.17) is 5.73 Å². The molecule has 0 unspecified atom stereocenters. The van der Waals surface area contributed by atoms with Gasteiger partial charge in [-0.15, -0.1) is 0 Å². The van der Waals surface area contributed by atoms with E-state index >= 15 is 0 Å². The molecular formula is C13H7F5N2O2. The molecule has 0 bridgehead atoms. The molecule has 0 fully saturated rings. The maximum Gasteiger partial charge on any atom is 0.339 e. The summed E-state index contributed by atoms with van der Waals surface area (Å²) in [5, 5.41) is 0. The van der Waals surface area contributed by atoms with Gasteiger partial charge in [-0.1, -0.05) is 0 Å². The Kier molecular flexibility index (Phi) is 3.98.